The Morgan fingerprint density at radius 2 is 2.11 bits per heavy atom. The van der Waals surface area contributed by atoms with Gasteiger partial charge in [0, 0.05) is 19.1 Å². The van der Waals surface area contributed by atoms with Crippen molar-refractivity contribution < 1.29 is 8.42 Å². The highest BCUT2D eigenvalue weighted by Crippen LogP contribution is 2.30. The Morgan fingerprint density at radius 1 is 1.42 bits per heavy atom. The molecule has 1 aliphatic rings. The highest BCUT2D eigenvalue weighted by molar-refractivity contribution is 7.87. The van der Waals surface area contributed by atoms with Gasteiger partial charge in [0.05, 0.1) is 6.04 Å². The molecule has 0 radical (unpaired) electrons. The Hall–Kier alpha value is -0.950. The monoisotopic (exact) mass is 283 g/mol. The van der Waals surface area contributed by atoms with Gasteiger partial charge in [-0.3, -0.25) is 0 Å². The van der Waals surface area contributed by atoms with Gasteiger partial charge in [-0.05, 0) is 31.4 Å². The van der Waals surface area contributed by atoms with Crippen LogP contribution in [0.4, 0.5) is 0 Å². The molecule has 1 aromatic rings. The van der Waals surface area contributed by atoms with E-state index in [0.717, 1.165) is 12.0 Å². The predicted molar refractivity (Wildman–Crippen MR) is 75.8 cm³/mol. The van der Waals surface area contributed by atoms with Crippen LogP contribution in [-0.2, 0) is 16.6 Å². The van der Waals surface area contributed by atoms with Crippen LogP contribution in [0.5, 0.6) is 0 Å². The van der Waals surface area contributed by atoms with Crippen molar-refractivity contribution in [2.45, 2.75) is 32.4 Å². The first kappa shape index (κ1) is 14.5. The van der Waals surface area contributed by atoms with E-state index >= 15 is 0 Å². The van der Waals surface area contributed by atoms with Gasteiger partial charge in [0.25, 0.3) is 10.2 Å². The van der Waals surface area contributed by atoms with Crippen molar-refractivity contribution >= 4 is 10.2 Å². The molecular weight excluding hydrogens is 262 g/mol. The van der Waals surface area contributed by atoms with Crippen molar-refractivity contribution in [1.29, 1.82) is 0 Å². The molecule has 1 atom stereocenters. The molecule has 19 heavy (non-hydrogen) atoms. The quantitative estimate of drug-likeness (QED) is 0.857. The number of fused-ring (bicyclic) bond motifs is 1. The minimum absolute atomic E-state index is 0.124. The van der Waals surface area contributed by atoms with Crippen molar-refractivity contribution in [2.24, 2.45) is 5.73 Å². The molecule has 0 aromatic heterocycles. The SMILES string of the molecule is CC(C)NS(=O)(=O)N1CCc2ccccc2C1CN. The fourth-order valence-corrected chi connectivity index (χ4v) is 4.12. The first-order chi connectivity index (χ1) is 8.95. The number of nitrogens with zero attached hydrogens (tertiary/aromatic N) is 1. The second kappa shape index (κ2) is 5.58. The van der Waals surface area contributed by atoms with Gasteiger partial charge in [0.1, 0.15) is 0 Å². The minimum atomic E-state index is -3.48. The largest absolute Gasteiger partial charge is 0.329 e. The molecule has 0 saturated carbocycles. The van der Waals surface area contributed by atoms with Crippen LogP contribution in [-0.4, -0.2) is 31.9 Å². The van der Waals surface area contributed by atoms with Crippen molar-refractivity contribution in [2.75, 3.05) is 13.1 Å². The first-order valence-corrected chi connectivity index (χ1v) is 7.96. The maximum absolute atomic E-state index is 12.3. The number of nitrogens with one attached hydrogen (secondary N) is 1. The van der Waals surface area contributed by atoms with Gasteiger partial charge in [-0.25, -0.2) is 0 Å². The van der Waals surface area contributed by atoms with Crippen molar-refractivity contribution in [3.63, 3.8) is 0 Å². The second-order valence-electron chi connectivity index (χ2n) is 5.09. The van der Waals surface area contributed by atoms with Crippen LogP contribution in [0, 0.1) is 0 Å². The Bertz CT molecular complexity index is 543. The number of benzene rings is 1. The standard InChI is InChI=1S/C13H21N3O2S/c1-10(2)15-19(17,18)16-8-7-11-5-3-4-6-12(11)13(16)9-14/h3-6,10,13,15H,7-9,14H2,1-2H3. The zero-order valence-electron chi connectivity index (χ0n) is 11.3. The fraction of sp³-hybridized carbons (Fsp3) is 0.538. The van der Waals surface area contributed by atoms with Gasteiger partial charge in [-0.1, -0.05) is 24.3 Å². The lowest BCUT2D eigenvalue weighted by Gasteiger charge is -2.36. The van der Waals surface area contributed by atoms with Gasteiger partial charge >= 0.3 is 0 Å². The van der Waals surface area contributed by atoms with E-state index in [1.165, 1.54) is 9.87 Å². The molecule has 0 spiro atoms. The normalized spacial score (nSPS) is 20.5. The molecule has 0 aliphatic carbocycles. The Labute approximate surface area is 115 Å². The third-order valence-corrected chi connectivity index (χ3v) is 5.10. The predicted octanol–water partition coefficient (Wildman–Crippen LogP) is 0.787. The van der Waals surface area contributed by atoms with Gasteiger partial charge in [-0.15, -0.1) is 0 Å². The van der Waals surface area contributed by atoms with Crippen LogP contribution in [0.1, 0.15) is 31.0 Å². The fourth-order valence-electron chi connectivity index (χ4n) is 2.53. The van der Waals surface area contributed by atoms with E-state index in [4.69, 9.17) is 5.73 Å². The summed E-state index contributed by atoms with van der Waals surface area (Å²) in [5, 5.41) is 0. The molecule has 0 saturated heterocycles. The number of nitrogens with two attached hydrogens (primary N) is 1. The molecule has 5 nitrogen and oxygen atoms in total. The smallest absolute Gasteiger partial charge is 0.280 e. The summed E-state index contributed by atoms with van der Waals surface area (Å²) in [6.07, 6.45) is 0.728. The first-order valence-electron chi connectivity index (χ1n) is 6.52. The minimum Gasteiger partial charge on any atom is -0.329 e. The Morgan fingerprint density at radius 3 is 2.74 bits per heavy atom. The summed E-state index contributed by atoms with van der Waals surface area (Å²) in [7, 11) is -3.48. The van der Waals surface area contributed by atoms with E-state index in [9.17, 15) is 8.42 Å². The van der Waals surface area contributed by atoms with Crippen LogP contribution in [0.25, 0.3) is 0 Å². The van der Waals surface area contributed by atoms with Gasteiger partial charge < -0.3 is 5.73 Å². The summed E-state index contributed by atoms with van der Waals surface area (Å²) < 4.78 is 28.8. The lowest BCUT2D eigenvalue weighted by molar-refractivity contribution is 0.307. The molecule has 1 heterocycles. The van der Waals surface area contributed by atoms with Crippen molar-refractivity contribution in [3.05, 3.63) is 35.4 Å². The highest BCUT2D eigenvalue weighted by atomic mass is 32.2. The average Bonchev–Trinajstić information content (AvgIpc) is 2.35. The molecule has 3 N–H and O–H groups in total. The molecule has 1 aliphatic heterocycles. The van der Waals surface area contributed by atoms with E-state index in [1.807, 2.05) is 38.1 Å². The summed E-state index contributed by atoms with van der Waals surface area (Å²) >= 11 is 0. The maximum atomic E-state index is 12.3. The van der Waals surface area contributed by atoms with Crippen LogP contribution in [0.2, 0.25) is 0 Å². The summed E-state index contributed by atoms with van der Waals surface area (Å²) in [6, 6.07) is 7.50. The molecule has 1 unspecified atom stereocenters. The average molecular weight is 283 g/mol. The van der Waals surface area contributed by atoms with E-state index < -0.39 is 10.2 Å². The van der Waals surface area contributed by atoms with Gasteiger partial charge in [-0.2, -0.15) is 17.4 Å². The molecule has 0 bridgehead atoms. The lowest BCUT2D eigenvalue weighted by atomic mass is 9.94. The summed E-state index contributed by atoms with van der Waals surface area (Å²) in [6.45, 7) is 4.39. The van der Waals surface area contributed by atoms with Crippen molar-refractivity contribution in [3.8, 4) is 0 Å². The van der Waals surface area contributed by atoms with E-state index in [2.05, 4.69) is 4.72 Å². The number of hydrogen-bond donors (Lipinski definition) is 2. The van der Waals surface area contributed by atoms with Crippen LogP contribution in [0.15, 0.2) is 24.3 Å². The Kier molecular flexibility index (Phi) is 4.25. The highest BCUT2D eigenvalue weighted by Gasteiger charge is 2.34. The number of hydrogen-bond acceptors (Lipinski definition) is 3. The molecule has 106 valence electrons. The molecule has 6 heteroatoms. The zero-order chi connectivity index (χ0) is 14.0. The Balaban J connectivity index is 2.35. The molecular formula is C13H21N3O2S. The lowest BCUT2D eigenvalue weighted by Crippen LogP contribution is -2.49. The van der Waals surface area contributed by atoms with Crippen LogP contribution in [0.3, 0.4) is 0 Å². The summed E-state index contributed by atoms with van der Waals surface area (Å²) in [4.78, 5) is 0. The number of rotatable bonds is 4. The van der Waals surface area contributed by atoms with Crippen molar-refractivity contribution in [1.82, 2.24) is 9.03 Å². The molecule has 2 rings (SSSR count). The maximum Gasteiger partial charge on any atom is 0.280 e. The zero-order valence-corrected chi connectivity index (χ0v) is 12.2. The van der Waals surface area contributed by atoms with Crippen LogP contribution < -0.4 is 10.5 Å². The summed E-state index contributed by atoms with van der Waals surface area (Å²) in [5.74, 6) is 0. The van der Waals surface area contributed by atoms with E-state index in [0.29, 0.717) is 6.54 Å². The summed E-state index contributed by atoms with van der Waals surface area (Å²) in [5.41, 5.74) is 8.01. The molecule has 0 amide bonds. The third kappa shape index (κ3) is 2.97. The van der Waals surface area contributed by atoms with E-state index in [-0.39, 0.29) is 18.6 Å². The third-order valence-electron chi connectivity index (χ3n) is 3.28. The van der Waals surface area contributed by atoms with E-state index in [1.54, 1.807) is 0 Å². The van der Waals surface area contributed by atoms with Gasteiger partial charge in [0.2, 0.25) is 0 Å². The van der Waals surface area contributed by atoms with Crippen LogP contribution >= 0.6 is 0 Å². The molecule has 0 fully saturated rings. The van der Waals surface area contributed by atoms with Gasteiger partial charge in [0.15, 0.2) is 0 Å². The second-order valence-corrected chi connectivity index (χ2v) is 6.74. The molecule has 1 aromatic carbocycles. The topological polar surface area (TPSA) is 75.4 Å².